The van der Waals surface area contributed by atoms with Crippen LogP contribution < -0.4 is 11.1 Å². The van der Waals surface area contributed by atoms with E-state index in [1.807, 2.05) is 10.8 Å². The van der Waals surface area contributed by atoms with Crippen LogP contribution in [0, 0.1) is 0 Å². The van der Waals surface area contributed by atoms with Gasteiger partial charge in [0.25, 0.3) is 5.91 Å². The second-order valence-corrected chi connectivity index (χ2v) is 3.85. The molecule has 0 spiro atoms. The predicted molar refractivity (Wildman–Crippen MR) is 67.8 cm³/mol. The molecule has 1 amide bonds. The van der Waals surface area contributed by atoms with Crippen LogP contribution in [-0.2, 0) is 6.54 Å². The lowest BCUT2D eigenvalue weighted by atomic mass is 10.3. The van der Waals surface area contributed by atoms with E-state index in [0.717, 1.165) is 13.0 Å². The van der Waals surface area contributed by atoms with Crippen LogP contribution in [0.4, 0.5) is 5.69 Å². The molecular formula is C12H15N5O. The van der Waals surface area contributed by atoms with Crippen LogP contribution in [0.2, 0.25) is 0 Å². The maximum atomic E-state index is 11.8. The second kappa shape index (κ2) is 5.81. The second-order valence-electron chi connectivity index (χ2n) is 3.85. The third kappa shape index (κ3) is 3.07. The van der Waals surface area contributed by atoms with E-state index in [9.17, 15) is 4.79 Å². The minimum Gasteiger partial charge on any atom is -0.397 e. The van der Waals surface area contributed by atoms with Gasteiger partial charge in [-0.2, -0.15) is 0 Å². The molecule has 2 rings (SSSR count). The average Bonchev–Trinajstić information content (AvgIpc) is 2.88. The molecule has 3 N–H and O–H groups in total. The van der Waals surface area contributed by atoms with Crippen molar-refractivity contribution in [2.24, 2.45) is 0 Å². The van der Waals surface area contributed by atoms with E-state index in [1.165, 1.54) is 0 Å². The number of hydrogen-bond acceptors (Lipinski definition) is 4. The molecular weight excluding hydrogens is 230 g/mol. The number of nitrogen functional groups attached to an aromatic ring is 1. The molecule has 0 saturated carbocycles. The third-order valence-electron chi connectivity index (χ3n) is 2.49. The normalized spacial score (nSPS) is 10.2. The van der Waals surface area contributed by atoms with E-state index >= 15 is 0 Å². The number of nitrogens with one attached hydrogen (secondary N) is 1. The Balaban J connectivity index is 1.77. The summed E-state index contributed by atoms with van der Waals surface area (Å²) in [6.45, 7) is 1.39. The molecule has 0 aromatic carbocycles. The molecule has 0 unspecified atom stereocenters. The summed E-state index contributed by atoms with van der Waals surface area (Å²) in [5.74, 6) is -0.237. The van der Waals surface area contributed by atoms with E-state index in [1.54, 1.807) is 30.9 Å². The maximum Gasteiger partial charge on any atom is 0.272 e. The molecule has 2 heterocycles. The highest BCUT2D eigenvalue weighted by Crippen LogP contribution is 2.06. The first-order chi connectivity index (χ1) is 8.77. The summed E-state index contributed by atoms with van der Waals surface area (Å²) in [5, 5.41) is 2.79. The molecule has 0 bridgehead atoms. The summed E-state index contributed by atoms with van der Waals surface area (Å²) < 4.78 is 1.96. The van der Waals surface area contributed by atoms with Gasteiger partial charge in [0, 0.05) is 31.7 Å². The van der Waals surface area contributed by atoms with Crippen LogP contribution >= 0.6 is 0 Å². The monoisotopic (exact) mass is 245 g/mol. The lowest BCUT2D eigenvalue weighted by Gasteiger charge is -2.06. The zero-order valence-corrected chi connectivity index (χ0v) is 9.91. The van der Waals surface area contributed by atoms with Crippen molar-refractivity contribution >= 4 is 11.6 Å². The average molecular weight is 245 g/mol. The van der Waals surface area contributed by atoms with E-state index < -0.39 is 0 Å². The van der Waals surface area contributed by atoms with Crippen molar-refractivity contribution in [3.05, 3.63) is 42.7 Å². The summed E-state index contributed by atoms with van der Waals surface area (Å²) in [7, 11) is 0. The van der Waals surface area contributed by atoms with Crippen LogP contribution in [0.3, 0.4) is 0 Å². The van der Waals surface area contributed by atoms with Gasteiger partial charge >= 0.3 is 0 Å². The van der Waals surface area contributed by atoms with Crippen molar-refractivity contribution in [3.8, 4) is 0 Å². The highest BCUT2D eigenvalue weighted by Gasteiger charge is 2.09. The molecule has 0 fully saturated rings. The van der Waals surface area contributed by atoms with Crippen molar-refractivity contribution in [1.29, 1.82) is 0 Å². The highest BCUT2D eigenvalue weighted by atomic mass is 16.1. The fraction of sp³-hybridized carbons (Fsp3) is 0.250. The van der Waals surface area contributed by atoms with Crippen molar-refractivity contribution < 1.29 is 4.79 Å². The van der Waals surface area contributed by atoms with Crippen molar-refractivity contribution in [3.63, 3.8) is 0 Å². The zero-order valence-electron chi connectivity index (χ0n) is 9.91. The molecule has 0 atom stereocenters. The predicted octanol–water partition coefficient (Wildman–Crippen LogP) is 0.680. The molecule has 2 aromatic heterocycles. The molecule has 0 aliphatic carbocycles. The molecule has 94 valence electrons. The number of rotatable bonds is 5. The van der Waals surface area contributed by atoms with Gasteiger partial charge in [0.1, 0.15) is 0 Å². The van der Waals surface area contributed by atoms with Crippen LogP contribution in [0.15, 0.2) is 37.1 Å². The molecule has 18 heavy (non-hydrogen) atoms. The number of pyridine rings is 1. The summed E-state index contributed by atoms with van der Waals surface area (Å²) >= 11 is 0. The Morgan fingerprint density at radius 3 is 3.06 bits per heavy atom. The van der Waals surface area contributed by atoms with Gasteiger partial charge in [-0.05, 0) is 18.6 Å². The van der Waals surface area contributed by atoms with Gasteiger partial charge in [-0.15, -0.1) is 0 Å². The fourth-order valence-corrected chi connectivity index (χ4v) is 1.57. The number of amides is 1. The van der Waals surface area contributed by atoms with Crippen LogP contribution in [0.5, 0.6) is 0 Å². The number of nitrogens with zero attached hydrogens (tertiary/aromatic N) is 3. The first kappa shape index (κ1) is 12.1. The van der Waals surface area contributed by atoms with E-state index in [-0.39, 0.29) is 11.6 Å². The Morgan fingerprint density at radius 2 is 2.33 bits per heavy atom. The summed E-state index contributed by atoms with van der Waals surface area (Å²) in [6, 6.07) is 3.36. The Morgan fingerprint density at radius 1 is 1.44 bits per heavy atom. The van der Waals surface area contributed by atoms with Gasteiger partial charge in [-0.1, -0.05) is 0 Å². The number of aromatic nitrogens is 3. The van der Waals surface area contributed by atoms with Gasteiger partial charge in [0.15, 0.2) is 5.69 Å². The van der Waals surface area contributed by atoms with Crippen LogP contribution in [-0.4, -0.2) is 27.0 Å². The first-order valence-corrected chi connectivity index (χ1v) is 5.72. The van der Waals surface area contributed by atoms with E-state index in [0.29, 0.717) is 12.2 Å². The molecule has 0 aliphatic rings. The smallest absolute Gasteiger partial charge is 0.272 e. The van der Waals surface area contributed by atoms with Gasteiger partial charge in [-0.25, -0.2) is 9.97 Å². The summed E-state index contributed by atoms with van der Waals surface area (Å²) in [4.78, 5) is 19.7. The first-order valence-electron chi connectivity index (χ1n) is 5.72. The lowest BCUT2D eigenvalue weighted by molar-refractivity contribution is 0.0949. The van der Waals surface area contributed by atoms with Gasteiger partial charge < -0.3 is 15.6 Å². The highest BCUT2D eigenvalue weighted by molar-refractivity contribution is 5.96. The Labute approximate surface area is 105 Å². The topological polar surface area (TPSA) is 85.8 Å². The molecule has 0 radical (unpaired) electrons. The number of aryl methyl sites for hydroxylation is 1. The van der Waals surface area contributed by atoms with Crippen LogP contribution in [0.1, 0.15) is 16.9 Å². The number of carbonyl (C=O) groups is 1. The molecule has 6 heteroatoms. The Kier molecular flexibility index (Phi) is 3.90. The van der Waals surface area contributed by atoms with E-state index in [2.05, 4.69) is 15.3 Å². The number of imidazole rings is 1. The largest absolute Gasteiger partial charge is 0.397 e. The SMILES string of the molecule is Nc1cccnc1C(=O)NCCCn1ccnc1. The van der Waals surface area contributed by atoms with Gasteiger partial charge in [0.2, 0.25) is 0 Å². The number of nitrogens with two attached hydrogens (primary N) is 1. The van der Waals surface area contributed by atoms with E-state index in [4.69, 9.17) is 5.73 Å². The lowest BCUT2D eigenvalue weighted by Crippen LogP contribution is -2.26. The number of anilines is 1. The number of hydrogen-bond donors (Lipinski definition) is 2. The van der Waals surface area contributed by atoms with Crippen molar-refractivity contribution in [2.75, 3.05) is 12.3 Å². The maximum absolute atomic E-state index is 11.8. The fourth-order valence-electron chi connectivity index (χ4n) is 1.57. The Bertz CT molecular complexity index is 509. The molecule has 0 aliphatic heterocycles. The van der Waals surface area contributed by atoms with Crippen LogP contribution in [0.25, 0.3) is 0 Å². The van der Waals surface area contributed by atoms with Crippen molar-refractivity contribution in [2.45, 2.75) is 13.0 Å². The van der Waals surface area contributed by atoms with Gasteiger partial charge in [0.05, 0.1) is 12.0 Å². The van der Waals surface area contributed by atoms with Crippen molar-refractivity contribution in [1.82, 2.24) is 19.9 Å². The molecule has 6 nitrogen and oxygen atoms in total. The summed E-state index contributed by atoms with van der Waals surface area (Å²) in [5.41, 5.74) is 6.34. The third-order valence-corrected chi connectivity index (χ3v) is 2.49. The Hall–Kier alpha value is -2.37. The molecule has 2 aromatic rings. The number of carbonyl (C=O) groups excluding carboxylic acids is 1. The summed E-state index contributed by atoms with van der Waals surface area (Å²) in [6.07, 6.45) is 7.75. The molecule has 0 saturated heterocycles. The standard InChI is InChI=1S/C12H15N5O/c13-10-3-1-4-15-11(10)12(18)16-5-2-7-17-8-6-14-9-17/h1,3-4,6,8-9H,2,5,7,13H2,(H,16,18). The minimum absolute atomic E-state index is 0.237. The minimum atomic E-state index is -0.237. The van der Waals surface area contributed by atoms with Gasteiger partial charge in [-0.3, -0.25) is 4.79 Å². The quantitative estimate of drug-likeness (QED) is 0.758. The zero-order chi connectivity index (χ0) is 12.8.